The summed E-state index contributed by atoms with van der Waals surface area (Å²) in [6.07, 6.45) is 0. The van der Waals surface area contributed by atoms with Crippen molar-refractivity contribution in [1.29, 1.82) is 0 Å². The summed E-state index contributed by atoms with van der Waals surface area (Å²) in [6.45, 7) is 0. The molecule has 0 bridgehead atoms. The van der Waals surface area contributed by atoms with Crippen molar-refractivity contribution in [2.45, 2.75) is 4.90 Å². The molecule has 0 aliphatic carbocycles. The molecule has 3 N–H and O–H groups in total. The minimum atomic E-state index is -3.96. The molecule has 0 heterocycles. The van der Waals surface area contributed by atoms with Gasteiger partial charge in [-0.1, -0.05) is 12.1 Å². The molecule has 0 aliphatic rings. The summed E-state index contributed by atoms with van der Waals surface area (Å²) in [6, 6.07) is 5.17. The van der Waals surface area contributed by atoms with E-state index in [0.29, 0.717) is 0 Å². The van der Waals surface area contributed by atoms with Gasteiger partial charge in [0.05, 0.1) is 10.5 Å². The zero-order chi connectivity index (χ0) is 10.1. The van der Waals surface area contributed by atoms with Gasteiger partial charge in [0.1, 0.15) is 0 Å². The Labute approximate surface area is 105 Å². The molecule has 7 heteroatoms. The topological polar surface area (TPSA) is 97.5 Å². The number of sulfonamides is 1. The molecule has 1 rings (SSSR count). The van der Waals surface area contributed by atoms with Gasteiger partial charge in [-0.05, 0) is 12.1 Å². The molecule has 5 nitrogen and oxygen atoms in total. The monoisotopic (exact) mass is 225 g/mol. The first-order valence-electron chi connectivity index (χ1n) is 3.28. The van der Waals surface area contributed by atoms with Crippen molar-refractivity contribution < 1.29 is 49.3 Å². The number of benzene rings is 1. The molecule has 0 fully saturated rings. The van der Waals surface area contributed by atoms with Gasteiger partial charge in [0.2, 0.25) is 10.0 Å². The van der Waals surface area contributed by atoms with Gasteiger partial charge < -0.3 is 6.53 Å². The van der Waals surface area contributed by atoms with Crippen LogP contribution in [0.15, 0.2) is 29.2 Å². The summed E-state index contributed by atoms with van der Waals surface area (Å²) >= 11 is 0. The summed E-state index contributed by atoms with van der Waals surface area (Å²) in [5.74, 6) is -1.32. The van der Waals surface area contributed by atoms with Crippen LogP contribution in [-0.4, -0.2) is 19.5 Å². The first-order chi connectivity index (χ1) is 5.93. The minimum absolute atomic E-state index is 0. The number of rotatable bonds is 2. The van der Waals surface area contributed by atoms with Crippen LogP contribution in [0.1, 0.15) is 11.8 Å². The van der Waals surface area contributed by atoms with Gasteiger partial charge in [-0.2, -0.15) is 0 Å². The average molecular weight is 225 g/mol. The summed E-state index contributed by atoms with van der Waals surface area (Å²) in [5.41, 5.74) is -0.315. The smallest absolute Gasteiger partial charge is 1.00 e. The van der Waals surface area contributed by atoms with Crippen molar-refractivity contribution in [3.63, 3.8) is 0 Å². The van der Waals surface area contributed by atoms with Gasteiger partial charge in [0, 0.05) is 0 Å². The van der Waals surface area contributed by atoms with E-state index in [0.717, 1.165) is 6.07 Å². The van der Waals surface area contributed by atoms with E-state index in [1.807, 2.05) is 0 Å². The number of primary sulfonamides is 1. The Bertz CT molecular complexity index is 448. The van der Waals surface area contributed by atoms with Gasteiger partial charge in [0.15, 0.2) is 0 Å². The standard InChI is InChI=1S/C7H7NO4S.Na.H/c8-13(11,12)6-4-2-1-3-5(6)7(9)10;;/h1-4H,(H,9,10)(H2,8,11,12);;/q;+1;-1. The Morgan fingerprint density at radius 1 is 1.36 bits per heavy atom. The van der Waals surface area contributed by atoms with Crippen LogP contribution in [0.25, 0.3) is 0 Å². The molecule has 0 aliphatic heterocycles. The van der Waals surface area contributed by atoms with Crippen molar-refractivity contribution in [1.82, 2.24) is 0 Å². The van der Waals surface area contributed by atoms with Crippen molar-refractivity contribution >= 4 is 16.0 Å². The van der Waals surface area contributed by atoms with Crippen molar-refractivity contribution in [3.05, 3.63) is 29.8 Å². The fourth-order valence-electron chi connectivity index (χ4n) is 0.891. The Balaban J connectivity index is 0. The Hall–Kier alpha value is -0.400. The summed E-state index contributed by atoms with van der Waals surface area (Å²) in [4.78, 5) is 10.2. The maximum atomic E-state index is 10.9. The van der Waals surface area contributed by atoms with E-state index in [4.69, 9.17) is 10.2 Å². The number of carbonyl (C=O) groups is 1. The molecule has 0 unspecified atom stereocenters. The Kier molecular flexibility index (Phi) is 4.76. The predicted octanol–water partition coefficient (Wildman–Crippen LogP) is -2.85. The Morgan fingerprint density at radius 2 is 1.86 bits per heavy atom. The number of carboxylic acids is 1. The van der Waals surface area contributed by atoms with Crippen LogP contribution in [0.4, 0.5) is 0 Å². The number of hydrogen-bond acceptors (Lipinski definition) is 3. The van der Waals surface area contributed by atoms with Crippen LogP contribution in [0.3, 0.4) is 0 Å². The minimum Gasteiger partial charge on any atom is -1.00 e. The van der Waals surface area contributed by atoms with Crippen molar-refractivity contribution in [2.75, 3.05) is 0 Å². The quantitative estimate of drug-likeness (QED) is 0.529. The maximum Gasteiger partial charge on any atom is 1.00 e. The molecule has 1 aromatic carbocycles. The Morgan fingerprint density at radius 3 is 2.21 bits per heavy atom. The second-order valence-corrected chi connectivity index (χ2v) is 3.88. The van der Waals surface area contributed by atoms with Crippen LogP contribution in [0, 0.1) is 0 Å². The van der Waals surface area contributed by atoms with Crippen molar-refractivity contribution in [2.24, 2.45) is 5.14 Å². The normalized spacial score (nSPS) is 10.4. The zero-order valence-corrected chi connectivity index (χ0v) is 10.3. The summed E-state index contributed by atoms with van der Waals surface area (Å²) < 4.78 is 21.7. The van der Waals surface area contributed by atoms with E-state index in [9.17, 15) is 13.2 Å². The predicted molar refractivity (Wildman–Crippen MR) is 45.9 cm³/mol. The molecule has 0 amide bonds. The number of hydrogen-bond donors (Lipinski definition) is 2. The second-order valence-electron chi connectivity index (χ2n) is 2.35. The third-order valence-electron chi connectivity index (χ3n) is 1.42. The fraction of sp³-hybridized carbons (Fsp3) is 0. The van der Waals surface area contributed by atoms with E-state index in [2.05, 4.69) is 0 Å². The van der Waals surface area contributed by atoms with Gasteiger partial charge >= 0.3 is 35.5 Å². The fourth-order valence-corrected chi connectivity index (χ4v) is 1.62. The first kappa shape index (κ1) is 13.6. The van der Waals surface area contributed by atoms with E-state index >= 15 is 0 Å². The first-order valence-corrected chi connectivity index (χ1v) is 4.82. The molecule has 0 saturated heterocycles. The molecule has 0 atom stereocenters. The van der Waals surface area contributed by atoms with Crippen LogP contribution < -0.4 is 34.7 Å². The van der Waals surface area contributed by atoms with E-state index in [-0.39, 0.29) is 41.4 Å². The molecule has 72 valence electrons. The van der Waals surface area contributed by atoms with Gasteiger partial charge in [0.25, 0.3) is 0 Å². The van der Waals surface area contributed by atoms with Crippen LogP contribution in [0.2, 0.25) is 0 Å². The zero-order valence-electron chi connectivity index (χ0n) is 8.47. The van der Waals surface area contributed by atoms with E-state index < -0.39 is 16.0 Å². The second kappa shape index (κ2) is 4.90. The van der Waals surface area contributed by atoms with Crippen molar-refractivity contribution in [3.8, 4) is 0 Å². The number of aromatic carboxylic acids is 1. The molecule has 1 aromatic rings. The molecule has 0 aromatic heterocycles. The van der Waals surface area contributed by atoms with Crippen LogP contribution in [0.5, 0.6) is 0 Å². The largest absolute Gasteiger partial charge is 1.00 e. The molecule has 14 heavy (non-hydrogen) atoms. The molecular weight excluding hydrogens is 217 g/mol. The molecule has 0 saturated carbocycles. The summed E-state index contributed by atoms with van der Waals surface area (Å²) in [7, 11) is -3.96. The molecular formula is C7H8NNaO4S. The molecule has 0 spiro atoms. The molecule has 0 radical (unpaired) electrons. The summed E-state index contributed by atoms with van der Waals surface area (Å²) in [5, 5.41) is 13.4. The third-order valence-corrected chi connectivity index (χ3v) is 2.39. The number of carboxylic acid groups (broad SMARTS) is 1. The van der Waals surface area contributed by atoms with Crippen LogP contribution in [-0.2, 0) is 10.0 Å². The van der Waals surface area contributed by atoms with Crippen LogP contribution >= 0.6 is 0 Å². The van der Waals surface area contributed by atoms with Gasteiger partial charge in [-0.15, -0.1) is 0 Å². The SMILES string of the molecule is NS(=O)(=O)c1ccccc1C(=O)O.[H-].[Na+]. The average Bonchev–Trinajstić information content (AvgIpc) is 2.03. The third kappa shape index (κ3) is 3.07. The van der Waals surface area contributed by atoms with Gasteiger partial charge in [-0.3, -0.25) is 0 Å². The number of nitrogens with two attached hydrogens (primary N) is 1. The maximum absolute atomic E-state index is 10.9. The van der Waals surface area contributed by atoms with E-state index in [1.54, 1.807) is 0 Å². The van der Waals surface area contributed by atoms with E-state index in [1.165, 1.54) is 18.2 Å². The van der Waals surface area contributed by atoms with Gasteiger partial charge in [-0.25, -0.2) is 18.4 Å².